The van der Waals surface area contributed by atoms with E-state index in [-0.39, 0.29) is 18.3 Å². The molecule has 0 bridgehead atoms. The molecule has 1 saturated carbocycles. The number of carbonyl (C=O) groups is 1. The molecule has 18 heavy (non-hydrogen) atoms. The summed E-state index contributed by atoms with van der Waals surface area (Å²) in [5.74, 6) is 1.00. The summed E-state index contributed by atoms with van der Waals surface area (Å²) in [6.07, 6.45) is 10.9. The lowest BCUT2D eigenvalue weighted by atomic mass is 9.89. The van der Waals surface area contributed by atoms with E-state index in [0.29, 0.717) is 12.5 Å². The molecule has 1 heterocycles. The van der Waals surface area contributed by atoms with E-state index < -0.39 is 0 Å². The van der Waals surface area contributed by atoms with E-state index in [1.54, 1.807) is 0 Å². The van der Waals surface area contributed by atoms with E-state index >= 15 is 0 Å². The van der Waals surface area contributed by atoms with Gasteiger partial charge in [0.05, 0.1) is 0 Å². The molecule has 1 aliphatic carbocycles. The van der Waals surface area contributed by atoms with Crippen LogP contribution in [0.1, 0.15) is 57.8 Å². The fourth-order valence-electron chi connectivity index (χ4n) is 3.05. The second-order valence-electron chi connectivity index (χ2n) is 5.64. The molecule has 1 atom stereocenters. The third kappa shape index (κ3) is 5.57. The van der Waals surface area contributed by atoms with Crippen LogP contribution in [0.3, 0.4) is 0 Å². The summed E-state index contributed by atoms with van der Waals surface area (Å²) in [4.78, 5) is 11.7. The van der Waals surface area contributed by atoms with Crippen LogP contribution in [0.2, 0.25) is 0 Å². The van der Waals surface area contributed by atoms with Crippen molar-refractivity contribution in [3.05, 3.63) is 0 Å². The molecule has 4 heteroatoms. The monoisotopic (exact) mass is 274 g/mol. The van der Waals surface area contributed by atoms with Crippen molar-refractivity contribution >= 4 is 18.3 Å². The lowest BCUT2D eigenvalue weighted by molar-refractivity contribution is -0.121. The van der Waals surface area contributed by atoms with Crippen LogP contribution in [0.25, 0.3) is 0 Å². The van der Waals surface area contributed by atoms with Crippen LogP contribution in [0.5, 0.6) is 0 Å². The van der Waals surface area contributed by atoms with Gasteiger partial charge in [0.2, 0.25) is 5.91 Å². The summed E-state index contributed by atoms with van der Waals surface area (Å²) in [7, 11) is 0. The van der Waals surface area contributed by atoms with Crippen molar-refractivity contribution in [3.8, 4) is 0 Å². The Morgan fingerprint density at radius 3 is 2.56 bits per heavy atom. The Kier molecular flexibility index (Phi) is 7.68. The molecule has 2 fully saturated rings. The number of halogens is 1. The second kappa shape index (κ2) is 8.76. The minimum absolute atomic E-state index is 0. The van der Waals surface area contributed by atoms with E-state index in [9.17, 15) is 4.79 Å². The van der Waals surface area contributed by atoms with Crippen molar-refractivity contribution in [2.75, 3.05) is 13.1 Å². The van der Waals surface area contributed by atoms with Gasteiger partial charge >= 0.3 is 0 Å². The first kappa shape index (κ1) is 15.8. The van der Waals surface area contributed by atoms with Gasteiger partial charge in [-0.1, -0.05) is 19.3 Å². The molecular weight excluding hydrogens is 248 g/mol. The zero-order valence-electron chi connectivity index (χ0n) is 11.2. The average Bonchev–Trinajstić information content (AvgIpc) is 2.88. The molecule has 2 N–H and O–H groups in total. The Hall–Kier alpha value is -0.280. The number of rotatable bonds is 5. The van der Waals surface area contributed by atoms with Crippen LogP contribution in [0, 0.1) is 5.92 Å². The van der Waals surface area contributed by atoms with Gasteiger partial charge in [0, 0.05) is 19.0 Å². The van der Waals surface area contributed by atoms with E-state index in [0.717, 1.165) is 25.4 Å². The van der Waals surface area contributed by atoms with Crippen molar-refractivity contribution in [2.24, 2.45) is 5.92 Å². The van der Waals surface area contributed by atoms with Gasteiger partial charge in [-0.05, 0) is 44.6 Å². The molecular formula is C14H27ClN2O. The zero-order valence-corrected chi connectivity index (χ0v) is 12.1. The summed E-state index contributed by atoms with van der Waals surface area (Å²) in [6, 6.07) is 0.593. The van der Waals surface area contributed by atoms with E-state index in [1.165, 1.54) is 44.9 Å². The molecule has 0 spiro atoms. The largest absolute Gasteiger partial charge is 0.356 e. The number of nitrogens with one attached hydrogen (secondary N) is 2. The van der Waals surface area contributed by atoms with Crippen molar-refractivity contribution in [2.45, 2.75) is 63.8 Å². The Balaban J connectivity index is 0.00000162. The van der Waals surface area contributed by atoms with Crippen molar-refractivity contribution in [1.29, 1.82) is 0 Å². The fraction of sp³-hybridized carbons (Fsp3) is 0.929. The number of hydrogen-bond donors (Lipinski definition) is 2. The predicted molar refractivity (Wildman–Crippen MR) is 77.1 cm³/mol. The third-order valence-corrected chi connectivity index (χ3v) is 4.19. The predicted octanol–water partition coefficient (Wildman–Crippen LogP) is 2.64. The Labute approximate surface area is 117 Å². The first-order valence-corrected chi connectivity index (χ1v) is 7.34. The Morgan fingerprint density at radius 1 is 1.11 bits per heavy atom. The van der Waals surface area contributed by atoms with Gasteiger partial charge in [0.15, 0.2) is 0 Å². The highest BCUT2D eigenvalue weighted by Gasteiger charge is 2.17. The molecule has 1 amide bonds. The van der Waals surface area contributed by atoms with E-state index in [1.807, 2.05) is 0 Å². The van der Waals surface area contributed by atoms with Gasteiger partial charge in [0.1, 0.15) is 0 Å². The fourth-order valence-corrected chi connectivity index (χ4v) is 3.05. The topological polar surface area (TPSA) is 41.1 Å². The minimum atomic E-state index is 0. The van der Waals surface area contributed by atoms with E-state index in [2.05, 4.69) is 10.6 Å². The maximum absolute atomic E-state index is 11.7. The molecule has 2 aliphatic rings. The highest BCUT2D eigenvalue weighted by atomic mass is 35.5. The standard InChI is InChI=1S/C14H26N2O.ClH/c17-14(9-8-13-7-4-10-15-13)16-11-12-5-2-1-3-6-12;/h12-13,15H,1-11H2,(H,16,17);1H. The summed E-state index contributed by atoms with van der Waals surface area (Å²) in [6.45, 7) is 2.05. The average molecular weight is 275 g/mol. The quantitative estimate of drug-likeness (QED) is 0.809. The molecule has 3 nitrogen and oxygen atoms in total. The third-order valence-electron chi connectivity index (χ3n) is 4.19. The summed E-state index contributed by atoms with van der Waals surface area (Å²) >= 11 is 0. The normalized spacial score (nSPS) is 24.6. The first-order chi connectivity index (χ1) is 8.34. The maximum Gasteiger partial charge on any atom is 0.220 e. The van der Waals surface area contributed by atoms with Gasteiger partial charge < -0.3 is 10.6 Å². The first-order valence-electron chi connectivity index (χ1n) is 7.34. The van der Waals surface area contributed by atoms with Crippen LogP contribution in [0.4, 0.5) is 0 Å². The lowest BCUT2D eigenvalue weighted by Crippen LogP contribution is -2.31. The maximum atomic E-state index is 11.7. The highest BCUT2D eigenvalue weighted by Crippen LogP contribution is 2.22. The lowest BCUT2D eigenvalue weighted by Gasteiger charge is -2.21. The molecule has 106 valence electrons. The SMILES string of the molecule is Cl.O=C(CCC1CCCN1)NCC1CCCCC1. The highest BCUT2D eigenvalue weighted by molar-refractivity contribution is 5.85. The van der Waals surface area contributed by atoms with E-state index in [4.69, 9.17) is 0 Å². The van der Waals surface area contributed by atoms with Gasteiger partial charge in [-0.15, -0.1) is 12.4 Å². The molecule has 1 aliphatic heterocycles. The minimum Gasteiger partial charge on any atom is -0.356 e. The van der Waals surface area contributed by atoms with Crippen molar-refractivity contribution in [1.82, 2.24) is 10.6 Å². The van der Waals surface area contributed by atoms with Crippen molar-refractivity contribution in [3.63, 3.8) is 0 Å². The summed E-state index contributed by atoms with van der Waals surface area (Å²) in [5, 5.41) is 6.55. The number of hydrogen-bond acceptors (Lipinski definition) is 2. The van der Waals surface area contributed by atoms with Crippen LogP contribution < -0.4 is 10.6 Å². The Bertz CT molecular complexity index is 236. The molecule has 0 radical (unpaired) electrons. The van der Waals surface area contributed by atoms with Gasteiger partial charge in [0.25, 0.3) is 0 Å². The van der Waals surface area contributed by atoms with Crippen LogP contribution in [-0.4, -0.2) is 25.0 Å². The van der Waals surface area contributed by atoms with Crippen LogP contribution in [-0.2, 0) is 4.79 Å². The van der Waals surface area contributed by atoms with Gasteiger partial charge in [-0.2, -0.15) is 0 Å². The zero-order chi connectivity index (χ0) is 11.9. The van der Waals surface area contributed by atoms with Crippen molar-refractivity contribution < 1.29 is 4.79 Å². The molecule has 0 aromatic carbocycles. The smallest absolute Gasteiger partial charge is 0.220 e. The summed E-state index contributed by atoms with van der Waals surface area (Å²) < 4.78 is 0. The summed E-state index contributed by atoms with van der Waals surface area (Å²) in [5.41, 5.74) is 0. The Morgan fingerprint density at radius 2 is 1.89 bits per heavy atom. The molecule has 1 saturated heterocycles. The number of amides is 1. The van der Waals surface area contributed by atoms with Gasteiger partial charge in [-0.25, -0.2) is 0 Å². The number of carbonyl (C=O) groups excluding carboxylic acids is 1. The second-order valence-corrected chi connectivity index (χ2v) is 5.64. The molecule has 2 rings (SSSR count). The molecule has 1 unspecified atom stereocenters. The van der Waals surface area contributed by atoms with Crippen LogP contribution in [0.15, 0.2) is 0 Å². The molecule has 0 aromatic heterocycles. The van der Waals surface area contributed by atoms with Gasteiger partial charge in [-0.3, -0.25) is 4.79 Å². The van der Waals surface area contributed by atoms with Crippen LogP contribution >= 0.6 is 12.4 Å². The molecule has 0 aromatic rings.